The maximum absolute atomic E-state index is 13.2. The number of amides is 1. The molecule has 1 N–H and O–H groups in total. The van der Waals surface area contributed by atoms with Gasteiger partial charge in [-0.2, -0.15) is 5.26 Å². The van der Waals surface area contributed by atoms with Crippen LogP contribution in [-0.2, 0) is 0 Å². The molecular weight excluding hydrogens is 214 g/mol. The second-order valence-electron chi connectivity index (χ2n) is 3.79. The van der Waals surface area contributed by atoms with Crippen molar-refractivity contribution in [2.75, 3.05) is 0 Å². The Morgan fingerprint density at radius 2 is 2.06 bits per heavy atom. The van der Waals surface area contributed by atoms with Crippen molar-refractivity contribution in [1.29, 1.82) is 5.26 Å². The fourth-order valence-corrected chi connectivity index (χ4v) is 1.06. The van der Waals surface area contributed by atoms with Crippen molar-refractivity contribution in [3.8, 4) is 6.07 Å². The fourth-order valence-electron chi connectivity index (χ4n) is 1.06. The Balaban J connectivity index is 2.99. The molecule has 0 aliphatic rings. The van der Waals surface area contributed by atoms with Crippen LogP contribution in [-0.4, -0.2) is 11.4 Å². The van der Waals surface area contributed by atoms with Crippen LogP contribution in [0.5, 0.6) is 0 Å². The minimum Gasteiger partial charge on any atom is -0.334 e. The molecule has 0 spiro atoms. The third-order valence-electron chi connectivity index (χ3n) is 1.90. The zero-order chi connectivity index (χ0) is 12.3. The highest BCUT2D eigenvalue weighted by atomic mass is 19.2. The van der Waals surface area contributed by atoms with Gasteiger partial charge in [0.05, 0.1) is 11.6 Å². The van der Waals surface area contributed by atoms with E-state index in [1.54, 1.807) is 0 Å². The van der Waals surface area contributed by atoms with Gasteiger partial charge in [-0.05, 0) is 26.0 Å². The van der Waals surface area contributed by atoms with Gasteiger partial charge in [0, 0.05) is 0 Å². The van der Waals surface area contributed by atoms with Gasteiger partial charge in [0.15, 0.2) is 11.6 Å². The van der Waals surface area contributed by atoms with E-state index in [0.29, 0.717) is 0 Å². The molecule has 1 aromatic carbocycles. The lowest BCUT2D eigenvalue weighted by Gasteiger charge is -2.17. The highest BCUT2D eigenvalue weighted by molar-refractivity contribution is 5.95. The Kier molecular flexibility index (Phi) is 3.23. The normalized spacial score (nSPS) is 10.7. The van der Waals surface area contributed by atoms with Crippen molar-refractivity contribution in [3.63, 3.8) is 0 Å². The molecule has 0 fully saturated rings. The lowest BCUT2D eigenvalue weighted by atomic mass is 10.1. The Morgan fingerprint density at radius 3 is 2.62 bits per heavy atom. The quantitative estimate of drug-likeness (QED) is 0.835. The number of rotatable bonds is 2. The molecule has 3 nitrogen and oxygen atoms in total. The average molecular weight is 224 g/mol. The predicted molar refractivity (Wildman–Crippen MR) is 53.5 cm³/mol. The molecule has 0 radical (unpaired) electrons. The summed E-state index contributed by atoms with van der Waals surface area (Å²) in [4.78, 5) is 11.5. The van der Waals surface area contributed by atoms with Gasteiger partial charge in [0.25, 0.3) is 5.91 Å². The number of nitrogens with one attached hydrogen (secondary N) is 1. The summed E-state index contributed by atoms with van der Waals surface area (Å²) in [5.41, 5.74) is -1.54. The minimum absolute atomic E-state index is 0.414. The lowest BCUT2D eigenvalue weighted by molar-refractivity contribution is 0.0924. The van der Waals surface area contributed by atoms with Crippen molar-refractivity contribution < 1.29 is 13.6 Å². The summed E-state index contributed by atoms with van der Waals surface area (Å²) in [5, 5.41) is 11.0. The molecule has 1 aromatic rings. The van der Waals surface area contributed by atoms with Gasteiger partial charge in [-0.25, -0.2) is 8.78 Å². The second-order valence-corrected chi connectivity index (χ2v) is 3.79. The van der Waals surface area contributed by atoms with Gasteiger partial charge in [-0.3, -0.25) is 4.79 Å². The van der Waals surface area contributed by atoms with Gasteiger partial charge in [0.1, 0.15) is 5.54 Å². The van der Waals surface area contributed by atoms with E-state index >= 15 is 0 Å². The number of hydrogen-bond acceptors (Lipinski definition) is 2. The molecule has 0 saturated carbocycles. The van der Waals surface area contributed by atoms with Crippen LogP contribution in [0.4, 0.5) is 8.78 Å². The largest absolute Gasteiger partial charge is 0.334 e. The summed E-state index contributed by atoms with van der Waals surface area (Å²) >= 11 is 0. The molecule has 0 atom stereocenters. The van der Waals surface area contributed by atoms with E-state index in [9.17, 15) is 13.6 Å². The summed E-state index contributed by atoms with van der Waals surface area (Å²) < 4.78 is 26.0. The van der Waals surface area contributed by atoms with Crippen LogP contribution >= 0.6 is 0 Å². The molecule has 1 amide bonds. The number of carbonyl (C=O) groups is 1. The maximum Gasteiger partial charge on any atom is 0.255 e. The van der Waals surface area contributed by atoms with Crippen molar-refractivity contribution >= 4 is 5.91 Å². The minimum atomic E-state index is -1.21. The average Bonchev–Trinajstić information content (AvgIpc) is 2.21. The van der Waals surface area contributed by atoms with E-state index in [2.05, 4.69) is 5.32 Å². The Morgan fingerprint density at radius 1 is 1.44 bits per heavy atom. The van der Waals surface area contributed by atoms with E-state index in [-0.39, 0.29) is 0 Å². The molecule has 0 heterocycles. The maximum atomic E-state index is 13.2. The molecule has 1 rings (SSSR count). The highest BCUT2D eigenvalue weighted by Crippen LogP contribution is 2.12. The van der Waals surface area contributed by atoms with Crippen LogP contribution in [0, 0.1) is 23.0 Å². The van der Waals surface area contributed by atoms with Gasteiger partial charge < -0.3 is 5.32 Å². The Hall–Kier alpha value is -1.96. The van der Waals surface area contributed by atoms with E-state index in [1.807, 2.05) is 6.07 Å². The van der Waals surface area contributed by atoms with Crippen LogP contribution in [0.3, 0.4) is 0 Å². The monoisotopic (exact) mass is 224 g/mol. The van der Waals surface area contributed by atoms with Crippen LogP contribution in [0.1, 0.15) is 24.2 Å². The molecule has 0 aromatic heterocycles. The van der Waals surface area contributed by atoms with E-state index in [0.717, 1.165) is 12.1 Å². The number of carbonyl (C=O) groups excluding carboxylic acids is 1. The first-order valence-electron chi connectivity index (χ1n) is 4.55. The van der Waals surface area contributed by atoms with E-state index < -0.39 is 28.6 Å². The standard InChI is InChI=1S/C11H10F2N2O/c1-11(2,6-14)15-10(16)7-4-3-5-8(12)9(7)13/h3-5H,1-2H3,(H,15,16). The van der Waals surface area contributed by atoms with Crippen LogP contribution in [0.15, 0.2) is 18.2 Å². The molecule has 0 saturated heterocycles. The van der Waals surface area contributed by atoms with Crippen LogP contribution in [0.2, 0.25) is 0 Å². The summed E-state index contributed by atoms with van der Waals surface area (Å²) in [6.07, 6.45) is 0. The SMILES string of the molecule is CC(C)(C#N)NC(=O)c1cccc(F)c1F. The zero-order valence-corrected chi connectivity index (χ0v) is 8.84. The summed E-state index contributed by atoms with van der Waals surface area (Å²) in [5.74, 6) is -3.13. The lowest BCUT2D eigenvalue weighted by Crippen LogP contribution is -2.42. The van der Waals surface area contributed by atoms with Gasteiger partial charge in [-0.15, -0.1) is 0 Å². The number of nitriles is 1. The smallest absolute Gasteiger partial charge is 0.255 e. The van der Waals surface area contributed by atoms with Crippen molar-refractivity contribution in [3.05, 3.63) is 35.4 Å². The molecule has 84 valence electrons. The van der Waals surface area contributed by atoms with Crippen molar-refractivity contribution in [1.82, 2.24) is 5.32 Å². The number of halogens is 2. The first-order valence-corrected chi connectivity index (χ1v) is 4.55. The molecule has 0 aliphatic carbocycles. The summed E-state index contributed by atoms with van der Waals surface area (Å²) in [6.45, 7) is 2.92. The van der Waals surface area contributed by atoms with Gasteiger partial charge in [0.2, 0.25) is 0 Å². The van der Waals surface area contributed by atoms with Gasteiger partial charge in [-0.1, -0.05) is 6.07 Å². The first-order chi connectivity index (χ1) is 7.37. The third-order valence-corrected chi connectivity index (χ3v) is 1.90. The first kappa shape index (κ1) is 12.1. The highest BCUT2D eigenvalue weighted by Gasteiger charge is 2.23. The molecule has 16 heavy (non-hydrogen) atoms. The second kappa shape index (κ2) is 4.27. The van der Waals surface area contributed by atoms with Gasteiger partial charge >= 0.3 is 0 Å². The van der Waals surface area contributed by atoms with E-state index in [4.69, 9.17) is 5.26 Å². The molecule has 5 heteroatoms. The topological polar surface area (TPSA) is 52.9 Å². The number of nitrogens with zero attached hydrogens (tertiary/aromatic N) is 1. The Bertz CT molecular complexity index is 464. The molecule has 0 unspecified atom stereocenters. The number of hydrogen-bond donors (Lipinski definition) is 1. The molecule has 0 bridgehead atoms. The van der Waals surface area contributed by atoms with E-state index in [1.165, 1.54) is 19.9 Å². The summed E-state index contributed by atoms with van der Waals surface area (Å²) in [7, 11) is 0. The molecular formula is C11H10F2N2O. The Labute approximate surface area is 91.7 Å². The number of benzene rings is 1. The third kappa shape index (κ3) is 2.54. The van der Waals surface area contributed by atoms with Crippen LogP contribution < -0.4 is 5.32 Å². The molecule has 0 aliphatic heterocycles. The van der Waals surface area contributed by atoms with Crippen LogP contribution in [0.25, 0.3) is 0 Å². The zero-order valence-electron chi connectivity index (χ0n) is 8.84. The summed E-state index contributed by atoms with van der Waals surface area (Å²) in [6, 6.07) is 5.13. The van der Waals surface area contributed by atoms with Crippen molar-refractivity contribution in [2.45, 2.75) is 19.4 Å². The fraction of sp³-hybridized carbons (Fsp3) is 0.273. The van der Waals surface area contributed by atoms with Crippen molar-refractivity contribution in [2.24, 2.45) is 0 Å². The predicted octanol–water partition coefficient (Wildman–Crippen LogP) is 2.00.